The topological polar surface area (TPSA) is 71.4 Å². The van der Waals surface area contributed by atoms with Crippen LogP contribution in [0, 0.1) is 0 Å². The Morgan fingerprint density at radius 1 is 1.57 bits per heavy atom. The highest BCUT2D eigenvalue weighted by atomic mass is 15.2. The van der Waals surface area contributed by atoms with E-state index >= 15 is 0 Å². The zero-order chi connectivity index (χ0) is 9.97. The Balaban J connectivity index is 2.31. The summed E-state index contributed by atoms with van der Waals surface area (Å²) in [6.07, 6.45) is 5.25. The fraction of sp³-hybridized carbons (Fsp3) is 0.375. The van der Waals surface area contributed by atoms with Gasteiger partial charge in [-0.3, -0.25) is 9.78 Å². The highest BCUT2D eigenvalue weighted by Gasteiger charge is 2.15. The zero-order valence-electron chi connectivity index (χ0n) is 8.10. The zero-order valence-corrected chi connectivity index (χ0v) is 8.10. The molecule has 0 saturated heterocycles. The van der Waals surface area contributed by atoms with E-state index in [-0.39, 0.29) is 6.04 Å². The number of nitrogens with one attached hydrogen (secondary N) is 2. The minimum atomic E-state index is 0.0196. The Morgan fingerprint density at radius 3 is 2.93 bits per heavy atom. The van der Waals surface area contributed by atoms with Gasteiger partial charge < -0.3 is 5.32 Å². The van der Waals surface area contributed by atoms with Crippen LogP contribution in [-0.2, 0) is 7.05 Å². The molecule has 2 heterocycles. The average Bonchev–Trinajstić information content (AvgIpc) is 2.79. The minimum absolute atomic E-state index is 0.0196. The van der Waals surface area contributed by atoms with Crippen molar-refractivity contribution in [2.24, 2.45) is 7.05 Å². The number of H-pyrrole nitrogens is 1. The van der Waals surface area contributed by atoms with Gasteiger partial charge in [-0.1, -0.05) is 0 Å². The highest BCUT2D eigenvalue weighted by Crippen LogP contribution is 2.16. The SMILES string of the molecule is CNC(c1cnn(C)c1)c1ncn[nH]1. The molecule has 0 aliphatic rings. The van der Waals surface area contributed by atoms with E-state index in [1.807, 2.05) is 26.5 Å². The summed E-state index contributed by atoms with van der Waals surface area (Å²) in [6.45, 7) is 0. The summed E-state index contributed by atoms with van der Waals surface area (Å²) in [5.74, 6) is 0.792. The number of aromatic amines is 1. The van der Waals surface area contributed by atoms with Crippen molar-refractivity contribution >= 4 is 0 Å². The van der Waals surface area contributed by atoms with Crippen LogP contribution in [0.3, 0.4) is 0 Å². The second kappa shape index (κ2) is 3.59. The summed E-state index contributed by atoms with van der Waals surface area (Å²) < 4.78 is 1.76. The van der Waals surface area contributed by atoms with E-state index in [1.54, 1.807) is 4.68 Å². The molecule has 0 amide bonds. The number of aryl methyl sites for hydroxylation is 1. The van der Waals surface area contributed by atoms with Gasteiger partial charge in [-0.15, -0.1) is 0 Å². The maximum absolute atomic E-state index is 4.11. The van der Waals surface area contributed by atoms with Gasteiger partial charge in [0, 0.05) is 18.8 Å². The molecule has 0 radical (unpaired) electrons. The average molecular weight is 192 g/mol. The van der Waals surface area contributed by atoms with Crippen LogP contribution in [0.5, 0.6) is 0 Å². The Hall–Kier alpha value is -1.69. The molecular weight excluding hydrogens is 180 g/mol. The van der Waals surface area contributed by atoms with Crippen LogP contribution in [0.15, 0.2) is 18.7 Å². The van der Waals surface area contributed by atoms with Crippen molar-refractivity contribution in [3.63, 3.8) is 0 Å². The molecule has 0 aliphatic heterocycles. The van der Waals surface area contributed by atoms with Gasteiger partial charge in [0.2, 0.25) is 0 Å². The number of aromatic nitrogens is 5. The van der Waals surface area contributed by atoms with E-state index < -0.39 is 0 Å². The summed E-state index contributed by atoms with van der Waals surface area (Å²) in [5, 5.41) is 13.9. The molecule has 2 N–H and O–H groups in total. The molecule has 0 spiro atoms. The maximum Gasteiger partial charge on any atom is 0.146 e. The van der Waals surface area contributed by atoms with E-state index in [0.29, 0.717) is 0 Å². The second-order valence-electron chi connectivity index (χ2n) is 3.04. The van der Waals surface area contributed by atoms with E-state index in [2.05, 4.69) is 25.6 Å². The lowest BCUT2D eigenvalue weighted by atomic mass is 10.1. The Morgan fingerprint density at radius 2 is 2.43 bits per heavy atom. The lowest BCUT2D eigenvalue weighted by molar-refractivity contribution is 0.648. The van der Waals surface area contributed by atoms with Gasteiger partial charge in [0.05, 0.1) is 12.2 Å². The van der Waals surface area contributed by atoms with E-state index in [9.17, 15) is 0 Å². The first-order valence-electron chi connectivity index (χ1n) is 4.32. The van der Waals surface area contributed by atoms with Crippen LogP contribution >= 0.6 is 0 Å². The van der Waals surface area contributed by atoms with Gasteiger partial charge in [0.15, 0.2) is 0 Å². The first kappa shape index (κ1) is 8.89. The lowest BCUT2D eigenvalue weighted by Gasteiger charge is -2.09. The molecule has 0 bridgehead atoms. The molecule has 0 saturated carbocycles. The van der Waals surface area contributed by atoms with Crippen LogP contribution in [-0.4, -0.2) is 32.0 Å². The normalized spacial score (nSPS) is 13.0. The van der Waals surface area contributed by atoms with Crippen LogP contribution in [0.25, 0.3) is 0 Å². The summed E-state index contributed by atoms with van der Waals surface area (Å²) in [7, 11) is 3.76. The summed E-state index contributed by atoms with van der Waals surface area (Å²) in [6, 6.07) is 0.0196. The van der Waals surface area contributed by atoms with Gasteiger partial charge >= 0.3 is 0 Å². The number of rotatable bonds is 3. The third-order valence-corrected chi connectivity index (χ3v) is 2.05. The van der Waals surface area contributed by atoms with Crippen molar-refractivity contribution in [1.29, 1.82) is 0 Å². The highest BCUT2D eigenvalue weighted by molar-refractivity contribution is 5.18. The molecule has 2 aromatic heterocycles. The van der Waals surface area contributed by atoms with E-state index in [1.165, 1.54) is 6.33 Å². The fourth-order valence-corrected chi connectivity index (χ4v) is 1.40. The van der Waals surface area contributed by atoms with Crippen molar-refractivity contribution in [3.8, 4) is 0 Å². The summed E-state index contributed by atoms with van der Waals surface area (Å²) in [5.41, 5.74) is 1.06. The van der Waals surface area contributed by atoms with Crippen molar-refractivity contribution in [2.45, 2.75) is 6.04 Å². The second-order valence-corrected chi connectivity index (χ2v) is 3.04. The molecule has 6 nitrogen and oxygen atoms in total. The molecule has 2 aromatic rings. The van der Waals surface area contributed by atoms with E-state index in [4.69, 9.17) is 0 Å². The van der Waals surface area contributed by atoms with Crippen LogP contribution in [0.1, 0.15) is 17.4 Å². The predicted molar refractivity (Wildman–Crippen MR) is 50.5 cm³/mol. The smallest absolute Gasteiger partial charge is 0.146 e. The third kappa shape index (κ3) is 1.51. The van der Waals surface area contributed by atoms with Gasteiger partial charge in [0.25, 0.3) is 0 Å². The quantitative estimate of drug-likeness (QED) is 0.709. The Bertz CT molecular complexity index is 390. The van der Waals surface area contributed by atoms with Crippen LogP contribution in [0.4, 0.5) is 0 Å². The molecule has 0 fully saturated rings. The standard InChI is InChI=1S/C8H12N6/c1-9-7(8-10-5-11-13-8)6-3-12-14(2)4-6/h3-5,7,9H,1-2H3,(H,10,11,13). The van der Waals surface area contributed by atoms with Crippen LogP contribution < -0.4 is 5.32 Å². The third-order valence-electron chi connectivity index (χ3n) is 2.05. The molecule has 1 unspecified atom stereocenters. The van der Waals surface area contributed by atoms with Gasteiger partial charge in [0.1, 0.15) is 12.2 Å². The first-order valence-corrected chi connectivity index (χ1v) is 4.32. The number of nitrogens with zero attached hydrogens (tertiary/aromatic N) is 4. The maximum atomic E-state index is 4.11. The van der Waals surface area contributed by atoms with Gasteiger partial charge in [-0.25, -0.2) is 4.98 Å². The molecule has 1 atom stereocenters. The molecule has 6 heteroatoms. The Kier molecular flexibility index (Phi) is 2.28. The van der Waals surface area contributed by atoms with Crippen molar-refractivity contribution in [1.82, 2.24) is 30.3 Å². The number of hydrogen-bond donors (Lipinski definition) is 2. The largest absolute Gasteiger partial charge is 0.307 e. The number of hydrogen-bond acceptors (Lipinski definition) is 4. The monoisotopic (exact) mass is 192 g/mol. The summed E-state index contributed by atoms with van der Waals surface area (Å²) in [4.78, 5) is 4.11. The minimum Gasteiger partial charge on any atom is -0.307 e. The molecule has 0 aromatic carbocycles. The molecule has 14 heavy (non-hydrogen) atoms. The molecule has 74 valence electrons. The van der Waals surface area contributed by atoms with E-state index in [0.717, 1.165) is 11.4 Å². The molecule has 2 rings (SSSR count). The fourth-order valence-electron chi connectivity index (χ4n) is 1.40. The van der Waals surface area contributed by atoms with Crippen LogP contribution in [0.2, 0.25) is 0 Å². The van der Waals surface area contributed by atoms with Crippen molar-refractivity contribution in [2.75, 3.05) is 7.05 Å². The molecule has 0 aliphatic carbocycles. The van der Waals surface area contributed by atoms with Crippen molar-refractivity contribution < 1.29 is 0 Å². The Labute approximate surface area is 81.4 Å². The first-order chi connectivity index (χ1) is 6.81. The summed E-state index contributed by atoms with van der Waals surface area (Å²) >= 11 is 0. The van der Waals surface area contributed by atoms with Crippen molar-refractivity contribution in [3.05, 3.63) is 30.1 Å². The van der Waals surface area contributed by atoms with Gasteiger partial charge in [-0.2, -0.15) is 10.2 Å². The molecular formula is C8H12N6. The predicted octanol–water partition coefficient (Wildman–Crippen LogP) is -0.153. The lowest BCUT2D eigenvalue weighted by Crippen LogP contribution is -2.18. The van der Waals surface area contributed by atoms with Gasteiger partial charge in [-0.05, 0) is 7.05 Å².